The van der Waals surface area contributed by atoms with E-state index in [9.17, 15) is 0 Å². The number of hydrogen-bond donors (Lipinski definition) is 1. The molecule has 0 unspecified atom stereocenters. The molecule has 0 saturated carbocycles. The Hall–Kier alpha value is -1.25. The Morgan fingerprint density at radius 1 is 1.19 bits per heavy atom. The van der Waals surface area contributed by atoms with Crippen molar-refractivity contribution in [3.63, 3.8) is 0 Å². The second kappa shape index (κ2) is 9.01. The average molecular weight is 224 g/mol. The molecule has 3 nitrogen and oxygen atoms in total. The van der Waals surface area contributed by atoms with Gasteiger partial charge in [0, 0.05) is 12.2 Å². The molecule has 0 fully saturated rings. The molecule has 1 aliphatic heterocycles. The SMILES string of the molecule is CC.CC.Cc1ccc2c(n1)NCCCO2. The molecule has 16 heavy (non-hydrogen) atoms. The molecule has 1 aromatic rings. The summed E-state index contributed by atoms with van der Waals surface area (Å²) in [5, 5.41) is 3.23. The highest BCUT2D eigenvalue weighted by Crippen LogP contribution is 2.23. The highest BCUT2D eigenvalue weighted by atomic mass is 16.5. The van der Waals surface area contributed by atoms with Crippen LogP contribution in [0, 0.1) is 6.92 Å². The van der Waals surface area contributed by atoms with Crippen LogP contribution in [0.1, 0.15) is 39.8 Å². The monoisotopic (exact) mass is 224 g/mol. The van der Waals surface area contributed by atoms with Gasteiger partial charge in [-0.05, 0) is 25.5 Å². The highest BCUT2D eigenvalue weighted by Gasteiger charge is 2.08. The lowest BCUT2D eigenvalue weighted by Gasteiger charge is -2.06. The molecular formula is C13H24N2O. The molecule has 2 rings (SSSR count). The molecule has 0 saturated heterocycles. The van der Waals surface area contributed by atoms with Gasteiger partial charge in [0.15, 0.2) is 11.6 Å². The third-order valence-corrected chi connectivity index (χ3v) is 1.87. The fourth-order valence-electron chi connectivity index (χ4n) is 1.25. The quantitative estimate of drug-likeness (QED) is 0.730. The van der Waals surface area contributed by atoms with E-state index in [4.69, 9.17) is 4.74 Å². The third kappa shape index (κ3) is 4.51. The summed E-state index contributed by atoms with van der Waals surface area (Å²) in [5.41, 5.74) is 1.02. The van der Waals surface area contributed by atoms with Gasteiger partial charge in [0.25, 0.3) is 0 Å². The molecule has 1 N–H and O–H groups in total. The van der Waals surface area contributed by atoms with Gasteiger partial charge in [0.2, 0.25) is 0 Å². The molecular weight excluding hydrogens is 200 g/mol. The van der Waals surface area contributed by atoms with Gasteiger partial charge in [-0.15, -0.1) is 0 Å². The molecule has 3 heteroatoms. The molecule has 0 bridgehead atoms. The first-order valence-corrected chi connectivity index (χ1v) is 6.20. The van der Waals surface area contributed by atoms with Crippen LogP contribution >= 0.6 is 0 Å². The second-order valence-corrected chi connectivity index (χ2v) is 2.93. The lowest BCUT2D eigenvalue weighted by atomic mass is 10.3. The van der Waals surface area contributed by atoms with Gasteiger partial charge < -0.3 is 10.1 Å². The van der Waals surface area contributed by atoms with Crippen molar-refractivity contribution in [2.45, 2.75) is 41.0 Å². The van der Waals surface area contributed by atoms with E-state index >= 15 is 0 Å². The van der Waals surface area contributed by atoms with Crippen LogP contribution in [0.3, 0.4) is 0 Å². The Labute approximate surface area is 99.2 Å². The van der Waals surface area contributed by atoms with E-state index in [1.807, 2.05) is 46.8 Å². The van der Waals surface area contributed by atoms with Crippen molar-refractivity contribution >= 4 is 5.82 Å². The predicted octanol–water partition coefficient (Wildman–Crippen LogP) is 3.64. The number of ether oxygens (including phenoxy) is 1. The lowest BCUT2D eigenvalue weighted by molar-refractivity contribution is 0.322. The smallest absolute Gasteiger partial charge is 0.169 e. The number of aryl methyl sites for hydroxylation is 1. The van der Waals surface area contributed by atoms with Crippen molar-refractivity contribution < 1.29 is 4.74 Å². The summed E-state index contributed by atoms with van der Waals surface area (Å²) in [6.45, 7) is 11.7. The van der Waals surface area contributed by atoms with E-state index in [1.54, 1.807) is 0 Å². The van der Waals surface area contributed by atoms with Gasteiger partial charge in [-0.2, -0.15) is 0 Å². The summed E-state index contributed by atoms with van der Waals surface area (Å²) in [5.74, 6) is 1.76. The summed E-state index contributed by atoms with van der Waals surface area (Å²) in [6, 6.07) is 3.93. The molecule has 1 aromatic heterocycles. The summed E-state index contributed by atoms with van der Waals surface area (Å²) >= 11 is 0. The van der Waals surface area contributed by atoms with Crippen molar-refractivity contribution in [2.24, 2.45) is 0 Å². The first kappa shape index (κ1) is 14.8. The standard InChI is InChI=1S/C9H12N2O.2C2H6/c1-7-3-4-8-9(11-7)10-5-2-6-12-8;2*1-2/h3-4H,2,5-6H2,1H3,(H,10,11);2*1-2H3. The zero-order chi connectivity index (χ0) is 12.4. The number of pyridine rings is 1. The molecule has 0 atom stereocenters. The number of rotatable bonds is 0. The Balaban J connectivity index is 0.000000509. The van der Waals surface area contributed by atoms with Crippen LogP contribution in [-0.2, 0) is 0 Å². The van der Waals surface area contributed by atoms with Gasteiger partial charge in [-0.3, -0.25) is 0 Å². The van der Waals surface area contributed by atoms with Gasteiger partial charge >= 0.3 is 0 Å². The van der Waals surface area contributed by atoms with E-state index in [0.29, 0.717) is 0 Å². The van der Waals surface area contributed by atoms with E-state index in [-0.39, 0.29) is 0 Å². The number of anilines is 1. The van der Waals surface area contributed by atoms with Gasteiger partial charge in [0.1, 0.15) is 0 Å². The summed E-state index contributed by atoms with van der Waals surface area (Å²) in [6.07, 6.45) is 1.04. The summed E-state index contributed by atoms with van der Waals surface area (Å²) in [7, 11) is 0. The van der Waals surface area contributed by atoms with Gasteiger partial charge in [-0.25, -0.2) is 4.98 Å². The predicted molar refractivity (Wildman–Crippen MR) is 70.3 cm³/mol. The minimum atomic E-state index is 0.782. The molecule has 0 aromatic carbocycles. The maximum absolute atomic E-state index is 5.48. The van der Waals surface area contributed by atoms with E-state index in [1.165, 1.54) is 0 Å². The first-order chi connectivity index (χ1) is 7.86. The maximum atomic E-state index is 5.48. The average Bonchev–Trinajstić information content (AvgIpc) is 2.59. The first-order valence-electron chi connectivity index (χ1n) is 6.20. The van der Waals surface area contributed by atoms with Crippen LogP contribution in [0.4, 0.5) is 5.82 Å². The lowest BCUT2D eigenvalue weighted by Crippen LogP contribution is -2.01. The van der Waals surface area contributed by atoms with Crippen molar-refractivity contribution in [1.29, 1.82) is 0 Å². The maximum Gasteiger partial charge on any atom is 0.169 e. The highest BCUT2D eigenvalue weighted by molar-refractivity contribution is 5.51. The van der Waals surface area contributed by atoms with Gasteiger partial charge in [0.05, 0.1) is 6.61 Å². The molecule has 2 heterocycles. The minimum absolute atomic E-state index is 0.782. The van der Waals surface area contributed by atoms with Crippen molar-refractivity contribution in [3.05, 3.63) is 17.8 Å². The number of hydrogen-bond acceptors (Lipinski definition) is 3. The van der Waals surface area contributed by atoms with E-state index in [2.05, 4.69) is 10.3 Å². The zero-order valence-electron chi connectivity index (χ0n) is 11.1. The molecule has 1 aliphatic rings. The number of aromatic nitrogens is 1. The molecule has 0 spiro atoms. The summed E-state index contributed by atoms with van der Waals surface area (Å²) in [4.78, 5) is 4.34. The zero-order valence-corrected chi connectivity index (χ0v) is 11.1. The Morgan fingerprint density at radius 2 is 1.88 bits per heavy atom. The number of nitrogens with one attached hydrogen (secondary N) is 1. The summed E-state index contributed by atoms with van der Waals surface area (Å²) < 4.78 is 5.48. The third-order valence-electron chi connectivity index (χ3n) is 1.87. The largest absolute Gasteiger partial charge is 0.490 e. The number of fused-ring (bicyclic) bond motifs is 1. The second-order valence-electron chi connectivity index (χ2n) is 2.93. The molecule has 92 valence electrons. The Bertz CT molecular complexity index is 287. The van der Waals surface area contributed by atoms with Crippen LogP contribution in [-0.4, -0.2) is 18.1 Å². The van der Waals surface area contributed by atoms with Crippen LogP contribution in [0.2, 0.25) is 0 Å². The van der Waals surface area contributed by atoms with Crippen LogP contribution < -0.4 is 10.1 Å². The van der Waals surface area contributed by atoms with E-state index < -0.39 is 0 Å². The van der Waals surface area contributed by atoms with Crippen molar-refractivity contribution in [3.8, 4) is 5.75 Å². The van der Waals surface area contributed by atoms with Crippen LogP contribution in [0.5, 0.6) is 5.75 Å². The Kier molecular flexibility index (Phi) is 8.31. The Morgan fingerprint density at radius 3 is 2.56 bits per heavy atom. The van der Waals surface area contributed by atoms with Crippen molar-refractivity contribution in [1.82, 2.24) is 4.98 Å². The minimum Gasteiger partial charge on any atom is -0.490 e. The molecule has 0 aliphatic carbocycles. The van der Waals surface area contributed by atoms with Gasteiger partial charge in [-0.1, -0.05) is 27.7 Å². The topological polar surface area (TPSA) is 34.2 Å². The molecule has 0 amide bonds. The van der Waals surface area contributed by atoms with E-state index in [0.717, 1.165) is 36.8 Å². The van der Waals surface area contributed by atoms with Crippen molar-refractivity contribution in [2.75, 3.05) is 18.5 Å². The van der Waals surface area contributed by atoms with Crippen LogP contribution in [0.15, 0.2) is 12.1 Å². The normalized spacial score (nSPS) is 12.3. The fraction of sp³-hybridized carbons (Fsp3) is 0.615. The fourth-order valence-corrected chi connectivity index (χ4v) is 1.25. The van der Waals surface area contributed by atoms with Crippen LogP contribution in [0.25, 0.3) is 0 Å². The molecule has 0 radical (unpaired) electrons. The number of nitrogens with zero attached hydrogens (tertiary/aromatic N) is 1.